The summed E-state index contributed by atoms with van der Waals surface area (Å²) in [6.07, 6.45) is -0.870. The third-order valence-corrected chi connectivity index (χ3v) is 4.42. The van der Waals surface area contributed by atoms with E-state index in [1.807, 2.05) is 12.1 Å². The van der Waals surface area contributed by atoms with Crippen molar-refractivity contribution in [1.29, 1.82) is 0 Å². The van der Waals surface area contributed by atoms with Crippen LogP contribution in [0.5, 0.6) is 0 Å². The highest BCUT2D eigenvalue weighted by atomic mass is 79.9. The Bertz CT molecular complexity index is 605. The van der Waals surface area contributed by atoms with E-state index < -0.39 is 6.10 Å². The first-order chi connectivity index (χ1) is 8.91. The van der Waals surface area contributed by atoms with Gasteiger partial charge in [0.25, 0.3) is 0 Å². The summed E-state index contributed by atoms with van der Waals surface area (Å²) in [5, 5.41) is 11.0. The summed E-state index contributed by atoms with van der Waals surface area (Å²) in [5.74, 6) is -0.300. The van der Waals surface area contributed by atoms with E-state index in [1.54, 1.807) is 19.9 Å². The largest absolute Gasteiger partial charge is 0.384 e. The Morgan fingerprint density at radius 2 is 1.79 bits per heavy atom. The summed E-state index contributed by atoms with van der Waals surface area (Å²) < 4.78 is 14.0. The van der Waals surface area contributed by atoms with Gasteiger partial charge < -0.3 is 5.11 Å². The lowest BCUT2D eigenvalue weighted by Gasteiger charge is -2.18. The molecule has 0 spiro atoms. The third-order valence-electron chi connectivity index (χ3n) is 3.11. The molecular weight excluding hydrogens is 331 g/mol. The average molecular weight is 344 g/mol. The summed E-state index contributed by atoms with van der Waals surface area (Å²) in [6.45, 7) is 3.56. The van der Waals surface area contributed by atoms with Crippen LogP contribution in [0.4, 0.5) is 4.39 Å². The fraction of sp³-hybridized carbons (Fsp3) is 0.200. The van der Waals surface area contributed by atoms with Crippen molar-refractivity contribution in [2.45, 2.75) is 20.0 Å². The van der Waals surface area contributed by atoms with Crippen molar-refractivity contribution in [1.82, 2.24) is 0 Å². The van der Waals surface area contributed by atoms with Crippen molar-refractivity contribution < 1.29 is 9.50 Å². The molecule has 2 rings (SSSR count). The molecule has 1 atom stereocenters. The Labute approximate surface area is 125 Å². The topological polar surface area (TPSA) is 20.2 Å². The Kier molecular flexibility index (Phi) is 4.29. The molecule has 0 saturated carbocycles. The molecule has 1 N–H and O–H groups in total. The van der Waals surface area contributed by atoms with Crippen LogP contribution >= 0.6 is 27.5 Å². The van der Waals surface area contributed by atoms with E-state index in [0.717, 1.165) is 4.47 Å². The Hall–Kier alpha value is -0.900. The van der Waals surface area contributed by atoms with Gasteiger partial charge in [-0.15, -0.1) is 0 Å². The monoisotopic (exact) mass is 342 g/mol. The highest BCUT2D eigenvalue weighted by Crippen LogP contribution is 2.35. The average Bonchev–Trinajstić information content (AvgIpc) is 2.31. The Morgan fingerprint density at radius 3 is 2.37 bits per heavy atom. The van der Waals surface area contributed by atoms with Crippen LogP contribution in [0.3, 0.4) is 0 Å². The van der Waals surface area contributed by atoms with Crippen molar-refractivity contribution in [2.75, 3.05) is 0 Å². The molecule has 4 heteroatoms. The fourth-order valence-electron chi connectivity index (χ4n) is 2.24. The molecule has 0 aliphatic carbocycles. The highest BCUT2D eigenvalue weighted by Gasteiger charge is 2.19. The summed E-state index contributed by atoms with van der Waals surface area (Å²) in [7, 11) is 0. The van der Waals surface area contributed by atoms with Crippen molar-refractivity contribution >= 4 is 27.5 Å². The van der Waals surface area contributed by atoms with Gasteiger partial charge in [-0.3, -0.25) is 0 Å². The summed E-state index contributed by atoms with van der Waals surface area (Å²) in [4.78, 5) is 0. The first-order valence-corrected chi connectivity index (χ1v) is 6.97. The Balaban J connectivity index is 2.56. The fourth-order valence-corrected chi connectivity index (χ4v) is 2.85. The minimum Gasteiger partial charge on any atom is -0.384 e. The lowest BCUT2D eigenvalue weighted by molar-refractivity contribution is 0.218. The van der Waals surface area contributed by atoms with Crippen molar-refractivity contribution in [3.8, 4) is 0 Å². The third kappa shape index (κ3) is 2.83. The maximum atomic E-state index is 13.3. The normalized spacial score (nSPS) is 12.5. The quantitative estimate of drug-likeness (QED) is 0.819. The zero-order valence-corrected chi connectivity index (χ0v) is 12.9. The van der Waals surface area contributed by atoms with Gasteiger partial charge in [0, 0.05) is 10.0 Å². The molecule has 1 unspecified atom stereocenters. The molecule has 0 aromatic heterocycles. The molecule has 19 heavy (non-hydrogen) atoms. The molecule has 0 amide bonds. The number of benzene rings is 2. The van der Waals surface area contributed by atoms with E-state index >= 15 is 0 Å². The summed E-state index contributed by atoms with van der Waals surface area (Å²) in [6, 6.07) is 8.21. The zero-order valence-electron chi connectivity index (χ0n) is 10.5. The van der Waals surface area contributed by atoms with E-state index in [4.69, 9.17) is 11.6 Å². The second-order valence-corrected chi connectivity index (χ2v) is 5.73. The van der Waals surface area contributed by atoms with Gasteiger partial charge in [-0.2, -0.15) is 0 Å². The molecule has 0 fully saturated rings. The highest BCUT2D eigenvalue weighted by molar-refractivity contribution is 9.10. The predicted molar refractivity (Wildman–Crippen MR) is 79.1 cm³/mol. The first kappa shape index (κ1) is 14.5. The summed E-state index contributed by atoms with van der Waals surface area (Å²) >= 11 is 9.53. The lowest BCUT2D eigenvalue weighted by atomic mass is 9.93. The molecule has 0 heterocycles. The van der Waals surface area contributed by atoms with Crippen LogP contribution in [0, 0.1) is 19.7 Å². The number of rotatable bonds is 2. The van der Waals surface area contributed by atoms with Crippen LogP contribution in [0.2, 0.25) is 5.02 Å². The second-order valence-electron chi connectivity index (χ2n) is 4.50. The molecule has 0 radical (unpaired) electrons. The van der Waals surface area contributed by atoms with Crippen LogP contribution in [0.15, 0.2) is 34.8 Å². The van der Waals surface area contributed by atoms with Gasteiger partial charge in [-0.05, 0) is 64.7 Å². The van der Waals surface area contributed by atoms with E-state index in [0.29, 0.717) is 27.3 Å². The number of aliphatic hydroxyl groups excluding tert-OH is 1. The molecular formula is C15H13BrClFO. The van der Waals surface area contributed by atoms with Gasteiger partial charge in [-0.1, -0.05) is 23.7 Å². The molecule has 0 saturated heterocycles. The minimum atomic E-state index is -0.870. The standard InChI is InChI=1S/C15H13BrClFO/c1-8-6-10(18)7-9(2)13(8)15(19)11-4-3-5-12(16)14(11)17/h3-7,15,19H,1-2H3. The maximum Gasteiger partial charge on any atom is 0.123 e. The van der Waals surface area contributed by atoms with E-state index in [2.05, 4.69) is 15.9 Å². The zero-order chi connectivity index (χ0) is 14.2. The van der Waals surface area contributed by atoms with E-state index in [1.165, 1.54) is 12.1 Å². The molecule has 2 aromatic rings. The van der Waals surface area contributed by atoms with Gasteiger partial charge in [0.05, 0.1) is 5.02 Å². The number of hydrogen-bond donors (Lipinski definition) is 1. The molecule has 1 nitrogen and oxygen atoms in total. The Morgan fingerprint density at radius 1 is 1.21 bits per heavy atom. The number of hydrogen-bond acceptors (Lipinski definition) is 1. The predicted octanol–water partition coefficient (Wildman–Crippen LogP) is 4.94. The smallest absolute Gasteiger partial charge is 0.123 e. The van der Waals surface area contributed by atoms with Gasteiger partial charge in [-0.25, -0.2) is 4.39 Å². The van der Waals surface area contributed by atoms with Crippen molar-refractivity contribution in [3.63, 3.8) is 0 Å². The molecule has 2 aromatic carbocycles. The molecule has 0 aliphatic heterocycles. The van der Waals surface area contributed by atoms with Gasteiger partial charge in [0.2, 0.25) is 0 Å². The lowest BCUT2D eigenvalue weighted by Crippen LogP contribution is -2.06. The minimum absolute atomic E-state index is 0.300. The van der Waals surface area contributed by atoms with Gasteiger partial charge >= 0.3 is 0 Å². The second kappa shape index (κ2) is 5.61. The first-order valence-electron chi connectivity index (χ1n) is 5.80. The van der Waals surface area contributed by atoms with E-state index in [-0.39, 0.29) is 5.82 Å². The van der Waals surface area contributed by atoms with E-state index in [9.17, 15) is 9.50 Å². The molecule has 0 aliphatic rings. The van der Waals surface area contributed by atoms with Crippen LogP contribution in [0.25, 0.3) is 0 Å². The maximum absolute atomic E-state index is 13.3. The van der Waals surface area contributed by atoms with Crippen molar-refractivity contribution in [2.24, 2.45) is 0 Å². The van der Waals surface area contributed by atoms with Gasteiger partial charge in [0.15, 0.2) is 0 Å². The van der Waals surface area contributed by atoms with Crippen LogP contribution in [0.1, 0.15) is 28.4 Å². The van der Waals surface area contributed by atoms with Crippen LogP contribution < -0.4 is 0 Å². The number of aliphatic hydroxyl groups is 1. The van der Waals surface area contributed by atoms with Gasteiger partial charge in [0.1, 0.15) is 11.9 Å². The SMILES string of the molecule is Cc1cc(F)cc(C)c1C(O)c1cccc(Br)c1Cl. The number of aryl methyl sites for hydroxylation is 2. The van der Waals surface area contributed by atoms with Crippen LogP contribution in [-0.2, 0) is 0 Å². The summed E-state index contributed by atoms with van der Waals surface area (Å²) in [5.41, 5.74) is 2.72. The van der Waals surface area contributed by atoms with Crippen molar-refractivity contribution in [3.05, 3.63) is 67.9 Å². The molecule has 100 valence electrons. The number of halogens is 3. The van der Waals surface area contributed by atoms with Crippen LogP contribution in [-0.4, -0.2) is 5.11 Å². The molecule has 0 bridgehead atoms.